The average molecular weight is 267 g/mol. The molecule has 2 saturated heterocycles. The highest BCUT2D eigenvalue weighted by molar-refractivity contribution is 5.78. The Kier molecular flexibility index (Phi) is 5.64. The van der Waals surface area contributed by atoms with Gasteiger partial charge >= 0.3 is 0 Å². The first-order valence-electron chi connectivity index (χ1n) is 7.96. The lowest BCUT2D eigenvalue weighted by molar-refractivity contribution is -0.132. The second-order valence-corrected chi connectivity index (χ2v) is 6.15. The van der Waals surface area contributed by atoms with Crippen LogP contribution >= 0.6 is 0 Å². The zero-order valence-electron chi connectivity index (χ0n) is 12.3. The highest BCUT2D eigenvalue weighted by Gasteiger charge is 2.27. The minimum atomic E-state index is 0.326. The molecule has 110 valence electrons. The number of nitrogens with two attached hydrogens (primary N) is 1. The summed E-state index contributed by atoms with van der Waals surface area (Å²) >= 11 is 0. The summed E-state index contributed by atoms with van der Waals surface area (Å²) in [5.74, 6) is 0.887. The molecule has 2 aliphatic rings. The van der Waals surface area contributed by atoms with E-state index >= 15 is 0 Å². The van der Waals surface area contributed by atoms with Crippen molar-refractivity contribution in [3.05, 3.63) is 0 Å². The molecular formula is C15H29N3O. The molecule has 2 unspecified atom stereocenters. The number of carbonyl (C=O) groups is 1. The molecule has 4 nitrogen and oxygen atoms in total. The summed E-state index contributed by atoms with van der Waals surface area (Å²) in [4.78, 5) is 16.7. The Morgan fingerprint density at radius 2 is 1.84 bits per heavy atom. The van der Waals surface area contributed by atoms with Gasteiger partial charge in [-0.05, 0) is 25.2 Å². The average Bonchev–Trinajstić information content (AvgIpc) is 2.70. The quantitative estimate of drug-likeness (QED) is 0.842. The molecule has 2 aliphatic heterocycles. The highest BCUT2D eigenvalue weighted by Crippen LogP contribution is 2.19. The van der Waals surface area contributed by atoms with Crippen molar-refractivity contribution in [2.24, 2.45) is 11.7 Å². The van der Waals surface area contributed by atoms with Gasteiger partial charge in [0.05, 0.1) is 6.54 Å². The van der Waals surface area contributed by atoms with Crippen molar-refractivity contribution in [2.45, 2.75) is 51.5 Å². The number of piperidine rings is 1. The molecule has 1 amide bonds. The van der Waals surface area contributed by atoms with Crippen LogP contribution in [0.2, 0.25) is 0 Å². The third-order valence-electron chi connectivity index (χ3n) is 4.72. The van der Waals surface area contributed by atoms with Gasteiger partial charge in [0.2, 0.25) is 5.91 Å². The third-order valence-corrected chi connectivity index (χ3v) is 4.72. The van der Waals surface area contributed by atoms with Gasteiger partial charge in [-0.25, -0.2) is 0 Å². The van der Waals surface area contributed by atoms with Gasteiger partial charge in [0.25, 0.3) is 0 Å². The van der Waals surface area contributed by atoms with E-state index in [-0.39, 0.29) is 0 Å². The number of nitrogens with zero attached hydrogens (tertiary/aromatic N) is 2. The summed E-state index contributed by atoms with van der Waals surface area (Å²) in [5, 5.41) is 0. The lowest BCUT2D eigenvalue weighted by Crippen LogP contribution is -2.50. The Morgan fingerprint density at radius 3 is 2.47 bits per heavy atom. The Hall–Kier alpha value is -0.610. The molecule has 0 saturated carbocycles. The van der Waals surface area contributed by atoms with Gasteiger partial charge in [0.1, 0.15) is 0 Å². The molecular weight excluding hydrogens is 238 g/mol. The zero-order valence-corrected chi connectivity index (χ0v) is 12.3. The first-order valence-corrected chi connectivity index (χ1v) is 7.96. The molecule has 2 atom stereocenters. The van der Waals surface area contributed by atoms with Crippen molar-refractivity contribution in [3.8, 4) is 0 Å². The second kappa shape index (κ2) is 7.25. The summed E-state index contributed by atoms with van der Waals surface area (Å²) in [6.45, 7) is 6.70. The topological polar surface area (TPSA) is 49.6 Å². The predicted octanol–water partition coefficient (Wildman–Crippen LogP) is 1.45. The SMILES string of the molecule is CCC1CN(CC(=O)N2CCCCCC2)CCC1N. The summed E-state index contributed by atoms with van der Waals surface area (Å²) in [7, 11) is 0. The first kappa shape index (κ1) is 14.8. The van der Waals surface area contributed by atoms with E-state index in [0.29, 0.717) is 24.4 Å². The Labute approximate surface area is 117 Å². The molecule has 2 heterocycles. The van der Waals surface area contributed by atoms with Crippen LogP contribution in [0.5, 0.6) is 0 Å². The zero-order chi connectivity index (χ0) is 13.7. The van der Waals surface area contributed by atoms with Crippen molar-refractivity contribution >= 4 is 5.91 Å². The smallest absolute Gasteiger partial charge is 0.236 e. The monoisotopic (exact) mass is 267 g/mol. The molecule has 0 aromatic carbocycles. The van der Waals surface area contributed by atoms with Gasteiger partial charge in [0.15, 0.2) is 0 Å². The van der Waals surface area contributed by atoms with E-state index in [4.69, 9.17) is 5.73 Å². The Morgan fingerprint density at radius 1 is 1.16 bits per heavy atom. The molecule has 0 aliphatic carbocycles. The van der Waals surface area contributed by atoms with Crippen molar-refractivity contribution in [1.82, 2.24) is 9.80 Å². The van der Waals surface area contributed by atoms with Crippen LogP contribution in [0.1, 0.15) is 45.4 Å². The minimum Gasteiger partial charge on any atom is -0.342 e. The van der Waals surface area contributed by atoms with Crippen LogP contribution in [0.4, 0.5) is 0 Å². The van der Waals surface area contributed by atoms with Crippen LogP contribution in [0.25, 0.3) is 0 Å². The maximum Gasteiger partial charge on any atom is 0.236 e. The van der Waals surface area contributed by atoms with Gasteiger partial charge in [0, 0.05) is 32.2 Å². The molecule has 0 aromatic rings. The number of amides is 1. The molecule has 0 spiro atoms. The van der Waals surface area contributed by atoms with Crippen LogP contribution in [-0.2, 0) is 4.79 Å². The van der Waals surface area contributed by atoms with Crippen LogP contribution in [0.3, 0.4) is 0 Å². The number of rotatable bonds is 3. The second-order valence-electron chi connectivity index (χ2n) is 6.15. The van der Waals surface area contributed by atoms with Crippen molar-refractivity contribution < 1.29 is 4.79 Å². The van der Waals surface area contributed by atoms with Gasteiger partial charge in [-0.15, -0.1) is 0 Å². The molecule has 2 N–H and O–H groups in total. The van der Waals surface area contributed by atoms with E-state index in [1.54, 1.807) is 0 Å². The fraction of sp³-hybridized carbons (Fsp3) is 0.933. The van der Waals surface area contributed by atoms with Crippen molar-refractivity contribution in [1.29, 1.82) is 0 Å². The van der Waals surface area contributed by atoms with E-state index in [9.17, 15) is 4.79 Å². The first-order chi connectivity index (χ1) is 9.20. The van der Waals surface area contributed by atoms with Gasteiger partial charge in [-0.2, -0.15) is 0 Å². The van der Waals surface area contributed by atoms with Gasteiger partial charge in [-0.1, -0.05) is 26.2 Å². The summed E-state index contributed by atoms with van der Waals surface area (Å²) < 4.78 is 0. The van der Waals surface area contributed by atoms with Crippen LogP contribution in [0, 0.1) is 5.92 Å². The van der Waals surface area contributed by atoms with Crippen LogP contribution in [-0.4, -0.2) is 54.5 Å². The lowest BCUT2D eigenvalue weighted by Gasteiger charge is -2.37. The van der Waals surface area contributed by atoms with Crippen molar-refractivity contribution in [3.63, 3.8) is 0 Å². The van der Waals surface area contributed by atoms with Crippen LogP contribution in [0.15, 0.2) is 0 Å². The van der Waals surface area contributed by atoms with E-state index in [2.05, 4.69) is 16.7 Å². The largest absolute Gasteiger partial charge is 0.342 e. The maximum atomic E-state index is 12.3. The summed E-state index contributed by atoms with van der Waals surface area (Å²) in [6.07, 6.45) is 7.06. The molecule has 0 radical (unpaired) electrons. The highest BCUT2D eigenvalue weighted by atomic mass is 16.2. The fourth-order valence-electron chi connectivity index (χ4n) is 3.31. The molecule has 19 heavy (non-hydrogen) atoms. The molecule has 2 rings (SSSR count). The van der Waals surface area contributed by atoms with Gasteiger partial charge < -0.3 is 10.6 Å². The normalized spacial score (nSPS) is 30.1. The third kappa shape index (κ3) is 4.18. The molecule has 0 aromatic heterocycles. The summed E-state index contributed by atoms with van der Waals surface area (Å²) in [6, 6.07) is 0.328. The fourth-order valence-corrected chi connectivity index (χ4v) is 3.31. The maximum absolute atomic E-state index is 12.3. The van der Waals surface area contributed by atoms with E-state index < -0.39 is 0 Å². The number of hydrogen-bond acceptors (Lipinski definition) is 3. The van der Waals surface area contributed by atoms with Gasteiger partial charge in [-0.3, -0.25) is 9.69 Å². The molecule has 2 fully saturated rings. The molecule has 0 bridgehead atoms. The van der Waals surface area contributed by atoms with Crippen LogP contribution < -0.4 is 5.73 Å². The Bertz CT molecular complexity index is 287. The Balaban J connectivity index is 1.81. The summed E-state index contributed by atoms with van der Waals surface area (Å²) in [5.41, 5.74) is 6.12. The minimum absolute atomic E-state index is 0.326. The van der Waals surface area contributed by atoms with E-state index in [0.717, 1.165) is 39.0 Å². The molecule has 4 heteroatoms. The predicted molar refractivity (Wildman–Crippen MR) is 77.9 cm³/mol. The lowest BCUT2D eigenvalue weighted by atomic mass is 9.91. The number of carbonyl (C=O) groups excluding carboxylic acids is 1. The van der Waals surface area contributed by atoms with Crippen molar-refractivity contribution in [2.75, 3.05) is 32.7 Å². The van der Waals surface area contributed by atoms with E-state index in [1.165, 1.54) is 25.7 Å². The number of hydrogen-bond donors (Lipinski definition) is 1. The standard InChI is InChI=1S/C15H29N3O/c1-2-13-11-17(10-7-14(13)16)12-15(19)18-8-5-3-4-6-9-18/h13-14H,2-12,16H2,1H3. The number of likely N-dealkylation sites (tertiary alicyclic amines) is 2. The van der Waals surface area contributed by atoms with E-state index in [1.807, 2.05) is 0 Å².